The predicted molar refractivity (Wildman–Crippen MR) is 75.1 cm³/mol. The Balaban J connectivity index is 2.04. The summed E-state index contributed by atoms with van der Waals surface area (Å²) in [6.07, 6.45) is 3.04. The molecule has 19 heavy (non-hydrogen) atoms. The lowest BCUT2D eigenvalue weighted by atomic mass is 10.1. The molecule has 5 heteroatoms. The first-order valence-electron chi connectivity index (χ1n) is 6.19. The molecule has 0 fully saturated rings. The van der Waals surface area contributed by atoms with Crippen LogP contribution < -0.4 is 17.0 Å². The van der Waals surface area contributed by atoms with Crippen molar-refractivity contribution in [3.8, 4) is 0 Å². The molecule has 0 bridgehead atoms. The van der Waals surface area contributed by atoms with Crippen molar-refractivity contribution in [3.05, 3.63) is 62.9 Å². The van der Waals surface area contributed by atoms with Crippen LogP contribution >= 0.6 is 0 Å². The van der Waals surface area contributed by atoms with E-state index in [1.807, 2.05) is 24.3 Å². The molecule has 0 unspecified atom stereocenters. The summed E-state index contributed by atoms with van der Waals surface area (Å²) in [5, 5.41) is 0. The molecule has 5 nitrogen and oxygen atoms in total. The fourth-order valence-corrected chi connectivity index (χ4v) is 1.95. The maximum Gasteiger partial charge on any atom is 0.330 e. The van der Waals surface area contributed by atoms with Gasteiger partial charge in [0.25, 0.3) is 5.56 Å². The summed E-state index contributed by atoms with van der Waals surface area (Å²) in [7, 11) is 1.64. The van der Waals surface area contributed by atoms with Crippen LogP contribution in [0.5, 0.6) is 0 Å². The summed E-state index contributed by atoms with van der Waals surface area (Å²) in [5.41, 5.74) is 6.97. The van der Waals surface area contributed by atoms with Gasteiger partial charge in [-0.05, 0) is 30.5 Å². The first-order chi connectivity index (χ1) is 9.08. The van der Waals surface area contributed by atoms with Crippen molar-refractivity contribution in [1.82, 2.24) is 9.13 Å². The molecule has 0 amide bonds. The maximum absolute atomic E-state index is 11.8. The molecule has 0 aliphatic rings. The first-order valence-corrected chi connectivity index (χ1v) is 6.19. The standard InChI is InChI=1S/C14H17N3O2/c1-16-10-8-13(18)17(14(16)19)9-2-3-11-4-6-12(15)7-5-11/h4-8,10H,2-3,9,15H2,1H3. The van der Waals surface area contributed by atoms with Crippen LogP contribution in [0.4, 0.5) is 5.69 Å². The number of anilines is 1. The van der Waals surface area contributed by atoms with E-state index in [0.717, 1.165) is 24.1 Å². The largest absolute Gasteiger partial charge is 0.399 e. The molecule has 0 aliphatic heterocycles. The number of hydrogen-bond donors (Lipinski definition) is 1. The summed E-state index contributed by atoms with van der Waals surface area (Å²) in [5.74, 6) is 0. The molecule has 0 aliphatic carbocycles. The fraction of sp³-hybridized carbons (Fsp3) is 0.286. The third-order valence-corrected chi connectivity index (χ3v) is 3.07. The lowest BCUT2D eigenvalue weighted by Gasteiger charge is -2.06. The summed E-state index contributed by atoms with van der Waals surface area (Å²) in [6.45, 7) is 0.427. The van der Waals surface area contributed by atoms with Crippen LogP contribution in [0.25, 0.3) is 0 Å². The topological polar surface area (TPSA) is 70.0 Å². The Morgan fingerprint density at radius 2 is 1.79 bits per heavy atom. The van der Waals surface area contributed by atoms with Crippen molar-refractivity contribution < 1.29 is 0 Å². The molecule has 0 spiro atoms. The van der Waals surface area contributed by atoms with E-state index in [1.165, 1.54) is 21.4 Å². The minimum absolute atomic E-state index is 0.250. The van der Waals surface area contributed by atoms with Crippen LogP contribution in [-0.4, -0.2) is 9.13 Å². The molecule has 2 rings (SSSR count). The van der Waals surface area contributed by atoms with Gasteiger partial charge in [0, 0.05) is 31.5 Å². The number of nitrogens with zero attached hydrogens (tertiary/aromatic N) is 2. The molecule has 1 aromatic carbocycles. The summed E-state index contributed by atoms with van der Waals surface area (Å²) < 4.78 is 2.67. The van der Waals surface area contributed by atoms with Crippen LogP contribution in [0.3, 0.4) is 0 Å². The lowest BCUT2D eigenvalue weighted by molar-refractivity contribution is 0.563. The zero-order valence-corrected chi connectivity index (χ0v) is 10.9. The van der Waals surface area contributed by atoms with E-state index in [9.17, 15) is 9.59 Å². The van der Waals surface area contributed by atoms with Gasteiger partial charge in [-0.2, -0.15) is 0 Å². The van der Waals surface area contributed by atoms with Gasteiger partial charge in [-0.15, -0.1) is 0 Å². The van der Waals surface area contributed by atoms with E-state index in [2.05, 4.69) is 0 Å². The molecule has 0 saturated carbocycles. The Kier molecular flexibility index (Phi) is 3.85. The molecule has 2 aromatic rings. The van der Waals surface area contributed by atoms with E-state index in [-0.39, 0.29) is 11.2 Å². The zero-order chi connectivity index (χ0) is 13.8. The molecule has 2 N–H and O–H groups in total. The number of nitrogen functional groups attached to an aromatic ring is 1. The summed E-state index contributed by atoms with van der Waals surface area (Å²) in [4.78, 5) is 23.4. The van der Waals surface area contributed by atoms with Gasteiger partial charge in [-0.25, -0.2) is 4.79 Å². The molecule has 100 valence electrons. The van der Waals surface area contributed by atoms with Gasteiger partial charge in [0.2, 0.25) is 0 Å². The van der Waals surface area contributed by atoms with Gasteiger partial charge >= 0.3 is 5.69 Å². The smallest absolute Gasteiger partial charge is 0.330 e. The van der Waals surface area contributed by atoms with Crippen LogP contribution in [-0.2, 0) is 20.0 Å². The third kappa shape index (κ3) is 3.13. The molecule has 1 aromatic heterocycles. The van der Waals surface area contributed by atoms with Crippen molar-refractivity contribution in [2.45, 2.75) is 19.4 Å². The summed E-state index contributed by atoms with van der Waals surface area (Å²) >= 11 is 0. The average Bonchev–Trinajstić information content (AvgIpc) is 2.40. The van der Waals surface area contributed by atoms with Gasteiger partial charge in [-0.1, -0.05) is 12.1 Å². The Hall–Kier alpha value is -2.30. The van der Waals surface area contributed by atoms with Crippen molar-refractivity contribution in [3.63, 3.8) is 0 Å². The Morgan fingerprint density at radius 1 is 1.11 bits per heavy atom. The Labute approximate surface area is 110 Å². The van der Waals surface area contributed by atoms with Crippen LogP contribution in [0.2, 0.25) is 0 Å². The number of aromatic nitrogens is 2. The number of aryl methyl sites for hydroxylation is 2. The van der Waals surface area contributed by atoms with Crippen molar-refractivity contribution in [1.29, 1.82) is 0 Å². The number of benzene rings is 1. The van der Waals surface area contributed by atoms with E-state index in [4.69, 9.17) is 5.73 Å². The quantitative estimate of drug-likeness (QED) is 0.824. The van der Waals surface area contributed by atoms with Crippen molar-refractivity contribution in [2.24, 2.45) is 7.05 Å². The second-order valence-corrected chi connectivity index (χ2v) is 4.54. The van der Waals surface area contributed by atoms with Crippen LogP contribution in [0.15, 0.2) is 46.1 Å². The van der Waals surface area contributed by atoms with Crippen molar-refractivity contribution >= 4 is 5.69 Å². The highest BCUT2D eigenvalue weighted by Crippen LogP contribution is 2.07. The van der Waals surface area contributed by atoms with E-state index < -0.39 is 0 Å². The number of nitrogens with two attached hydrogens (primary N) is 1. The molecular formula is C14H17N3O2. The van der Waals surface area contributed by atoms with Crippen LogP contribution in [0, 0.1) is 0 Å². The minimum atomic E-state index is -0.273. The van der Waals surface area contributed by atoms with Gasteiger partial charge in [0.05, 0.1) is 0 Å². The zero-order valence-electron chi connectivity index (χ0n) is 10.9. The number of hydrogen-bond acceptors (Lipinski definition) is 3. The third-order valence-electron chi connectivity index (χ3n) is 3.07. The van der Waals surface area contributed by atoms with E-state index >= 15 is 0 Å². The van der Waals surface area contributed by atoms with Gasteiger partial charge in [-0.3, -0.25) is 9.36 Å². The highest BCUT2D eigenvalue weighted by molar-refractivity contribution is 5.39. The monoisotopic (exact) mass is 259 g/mol. The highest BCUT2D eigenvalue weighted by Gasteiger charge is 2.02. The van der Waals surface area contributed by atoms with Crippen molar-refractivity contribution in [2.75, 3.05) is 5.73 Å². The maximum atomic E-state index is 11.8. The average molecular weight is 259 g/mol. The van der Waals surface area contributed by atoms with Gasteiger partial charge in [0.1, 0.15) is 0 Å². The second kappa shape index (κ2) is 5.56. The second-order valence-electron chi connectivity index (χ2n) is 4.54. The van der Waals surface area contributed by atoms with E-state index in [0.29, 0.717) is 6.54 Å². The van der Waals surface area contributed by atoms with Gasteiger partial charge < -0.3 is 10.3 Å². The molecule has 1 heterocycles. The number of rotatable bonds is 4. The van der Waals surface area contributed by atoms with Gasteiger partial charge in [0.15, 0.2) is 0 Å². The minimum Gasteiger partial charge on any atom is -0.399 e. The molecule has 0 saturated heterocycles. The van der Waals surface area contributed by atoms with E-state index in [1.54, 1.807) is 7.05 Å². The van der Waals surface area contributed by atoms with Crippen LogP contribution in [0.1, 0.15) is 12.0 Å². The summed E-state index contributed by atoms with van der Waals surface area (Å²) in [6, 6.07) is 9.03. The Bertz CT molecular complexity index is 668. The molecule has 0 radical (unpaired) electrons. The molecule has 0 atom stereocenters. The molecular weight excluding hydrogens is 242 g/mol. The SMILES string of the molecule is Cn1ccc(=O)n(CCCc2ccc(N)cc2)c1=O. The first kappa shape index (κ1) is 13.1. The predicted octanol–water partition coefficient (Wildman–Crippen LogP) is 0.762. The lowest BCUT2D eigenvalue weighted by Crippen LogP contribution is -2.37. The normalized spacial score (nSPS) is 10.6. The highest BCUT2D eigenvalue weighted by atomic mass is 16.2. The fourth-order valence-electron chi connectivity index (χ4n) is 1.95. The Morgan fingerprint density at radius 3 is 2.47 bits per heavy atom.